The summed E-state index contributed by atoms with van der Waals surface area (Å²) in [6.07, 6.45) is 3.91. The molecule has 0 aliphatic heterocycles. The zero-order valence-corrected chi connectivity index (χ0v) is 11.6. The van der Waals surface area contributed by atoms with Gasteiger partial charge in [0.05, 0.1) is 6.61 Å². The van der Waals surface area contributed by atoms with Crippen LogP contribution in [0.15, 0.2) is 24.3 Å². The van der Waals surface area contributed by atoms with Crippen molar-refractivity contribution in [2.75, 3.05) is 6.61 Å². The Bertz CT molecular complexity index is 467. The number of unbranched alkanes of at least 4 members (excludes halogenated alkanes) is 1. The Kier molecular flexibility index (Phi) is 4.98. The fraction of sp³-hybridized carbons (Fsp3) is 0.467. The van der Waals surface area contributed by atoms with E-state index in [1.807, 2.05) is 0 Å². The fourth-order valence-electron chi connectivity index (χ4n) is 1.68. The van der Waals surface area contributed by atoms with Gasteiger partial charge in [-0.05, 0) is 43.5 Å². The molecular formula is C15H20N2O3. The summed E-state index contributed by atoms with van der Waals surface area (Å²) < 4.78 is 5.52. The van der Waals surface area contributed by atoms with Gasteiger partial charge in [0.1, 0.15) is 5.75 Å². The van der Waals surface area contributed by atoms with Crippen molar-refractivity contribution in [1.82, 2.24) is 10.9 Å². The van der Waals surface area contributed by atoms with Crippen molar-refractivity contribution in [2.24, 2.45) is 5.92 Å². The third kappa shape index (κ3) is 4.26. The highest BCUT2D eigenvalue weighted by molar-refractivity contribution is 5.95. The molecule has 2 amide bonds. The number of hydrazine groups is 1. The van der Waals surface area contributed by atoms with E-state index in [4.69, 9.17) is 4.74 Å². The van der Waals surface area contributed by atoms with Gasteiger partial charge < -0.3 is 4.74 Å². The van der Waals surface area contributed by atoms with Crippen molar-refractivity contribution < 1.29 is 14.3 Å². The van der Waals surface area contributed by atoms with E-state index in [0.29, 0.717) is 12.2 Å². The van der Waals surface area contributed by atoms with Crippen LogP contribution in [-0.4, -0.2) is 18.4 Å². The molecular weight excluding hydrogens is 256 g/mol. The minimum Gasteiger partial charge on any atom is -0.494 e. The predicted molar refractivity (Wildman–Crippen MR) is 75.2 cm³/mol. The van der Waals surface area contributed by atoms with E-state index in [9.17, 15) is 9.59 Å². The first-order valence-corrected chi connectivity index (χ1v) is 7.03. The summed E-state index contributed by atoms with van der Waals surface area (Å²) in [6, 6.07) is 6.88. The van der Waals surface area contributed by atoms with Crippen molar-refractivity contribution >= 4 is 11.8 Å². The molecule has 1 fully saturated rings. The lowest BCUT2D eigenvalue weighted by atomic mass is 10.2. The van der Waals surface area contributed by atoms with Crippen LogP contribution in [0.2, 0.25) is 0 Å². The van der Waals surface area contributed by atoms with Gasteiger partial charge in [-0.3, -0.25) is 20.4 Å². The number of carbonyl (C=O) groups is 2. The summed E-state index contributed by atoms with van der Waals surface area (Å²) in [5.74, 6) is 0.388. The fourth-order valence-corrected chi connectivity index (χ4v) is 1.68. The topological polar surface area (TPSA) is 67.4 Å². The second-order valence-electron chi connectivity index (χ2n) is 4.94. The highest BCUT2D eigenvalue weighted by Crippen LogP contribution is 2.28. The van der Waals surface area contributed by atoms with Crippen LogP contribution in [0.4, 0.5) is 0 Å². The van der Waals surface area contributed by atoms with Crippen LogP contribution in [0.3, 0.4) is 0 Å². The number of ether oxygens (including phenoxy) is 1. The molecule has 1 aliphatic carbocycles. The average Bonchev–Trinajstić information content (AvgIpc) is 3.30. The maximum atomic E-state index is 11.8. The summed E-state index contributed by atoms with van der Waals surface area (Å²) in [7, 11) is 0. The van der Waals surface area contributed by atoms with Crippen molar-refractivity contribution in [3.63, 3.8) is 0 Å². The lowest BCUT2D eigenvalue weighted by Crippen LogP contribution is -2.42. The quantitative estimate of drug-likeness (QED) is 0.617. The van der Waals surface area contributed by atoms with E-state index < -0.39 is 0 Å². The maximum Gasteiger partial charge on any atom is 0.269 e. The number of nitrogens with one attached hydrogen (secondary N) is 2. The van der Waals surface area contributed by atoms with Crippen LogP contribution < -0.4 is 15.6 Å². The van der Waals surface area contributed by atoms with E-state index in [2.05, 4.69) is 17.8 Å². The molecule has 2 rings (SSSR count). The third-order valence-corrected chi connectivity index (χ3v) is 3.13. The van der Waals surface area contributed by atoms with Crippen molar-refractivity contribution in [1.29, 1.82) is 0 Å². The molecule has 0 radical (unpaired) electrons. The van der Waals surface area contributed by atoms with Crippen LogP contribution in [-0.2, 0) is 4.79 Å². The summed E-state index contributed by atoms with van der Waals surface area (Å²) in [5.41, 5.74) is 5.33. The van der Waals surface area contributed by atoms with Crippen molar-refractivity contribution in [3.05, 3.63) is 29.8 Å². The molecule has 0 spiro atoms. The molecule has 5 nitrogen and oxygen atoms in total. The Morgan fingerprint density at radius 1 is 1.20 bits per heavy atom. The minimum absolute atomic E-state index is 0.0737. The molecule has 20 heavy (non-hydrogen) atoms. The average molecular weight is 276 g/mol. The number of hydrogen-bond acceptors (Lipinski definition) is 3. The lowest BCUT2D eigenvalue weighted by molar-refractivity contribution is -0.123. The second kappa shape index (κ2) is 6.93. The largest absolute Gasteiger partial charge is 0.494 e. The predicted octanol–water partition coefficient (Wildman–Crippen LogP) is 2.04. The van der Waals surface area contributed by atoms with E-state index in [1.54, 1.807) is 24.3 Å². The molecule has 0 bridgehead atoms. The van der Waals surface area contributed by atoms with E-state index in [1.165, 1.54) is 0 Å². The van der Waals surface area contributed by atoms with Gasteiger partial charge in [-0.2, -0.15) is 0 Å². The number of benzene rings is 1. The standard InChI is InChI=1S/C15H20N2O3/c1-2-3-10-20-13-8-6-12(7-9-13)15(19)17-16-14(18)11-4-5-11/h6-9,11H,2-5,10H2,1H3,(H,16,18)(H,17,19). The molecule has 1 aromatic rings. The molecule has 2 N–H and O–H groups in total. The zero-order valence-electron chi connectivity index (χ0n) is 11.6. The van der Waals surface area contributed by atoms with Crippen molar-refractivity contribution in [3.8, 4) is 5.75 Å². The SMILES string of the molecule is CCCCOc1ccc(C(=O)NNC(=O)C2CC2)cc1. The van der Waals surface area contributed by atoms with E-state index >= 15 is 0 Å². The molecule has 5 heteroatoms. The molecule has 1 saturated carbocycles. The number of carbonyl (C=O) groups excluding carboxylic acids is 2. The Morgan fingerprint density at radius 3 is 2.50 bits per heavy atom. The lowest BCUT2D eigenvalue weighted by Gasteiger charge is -2.08. The summed E-state index contributed by atoms with van der Waals surface area (Å²) >= 11 is 0. The maximum absolute atomic E-state index is 11.8. The molecule has 0 heterocycles. The van der Waals surface area contributed by atoms with Gasteiger partial charge in [0.25, 0.3) is 5.91 Å². The van der Waals surface area contributed by atoms with Crippen LogP contribution in [0.5, 0.6) is 5.75 Å². The summed E-state index contributed by atoms with van der Waals surface area (Å²) in [5, 5.41) is 0. The normalized spacial score (nSPS) is 13.7. The third-order valence-electron chi connectivity index (χ3n) is 3.13. The van der Waals surface area contributed by atoms with Gasteiger partial charge in [-0.25, -0.2) is 0 Å². The Labute approximate surface area is 118 Å². The molecule has 108 valence electrons. The molecule has 1 aromatic carbocycles. The van der Waals surface area contributed by atoms with E-state index in [-0.39, 0.29) is 17.7 Å². The molecule has 0 atom stereocenters. The summed E-state index contributed by atoms with van der Waals surface area (Å²) in [6.45, 7) is 2.78. The van der Waals surface area contributed by atoms with Gasteiger partial charge in [0.2, 0.25) is 5.91 Å². The minimum atomic E-state index is -0.320. The summed E-state index contributed by atoms with van der Waals surface area (Å²) in [4.78, 5) is 23.2. The molecule has 0 unspecified atom stereocenters. The smallest absolute Gasteiger partial charge is 0.269 e. The highest BCUT2D eigenvalue weighted by Gasteiger charge is 2.29. The van der Waals surface area contributed by atoms with Crippen LogP contribution in [0, 0.1) is 5.92 Å². The first-order valence-electron chi connectivity index (χ1n) is 7.03. The Balaban J connectivity index is 1.78. The van der Waals surface area contributed by atoms with Crippen LogP contribution >= 0.6 is 0 Å². The molecule has 0 saturated heterocycles. The number of rotatable bonds is 6. The first kappa shape index (κ1) is 14.4. The van der Waals surface area contributed by atoms with Crippen molar-refractivity contribution in [2.45, 2.75) is 32.6 Å². The van der Waals surface area contributed by atoms with Gasteiger partial charge in [-0.15, -0.1) is 0 Å². The zero-order chi connectivity index (χ0) is 14.4. The monoisotopic (exact) mass is 276 g/mol. The molecule has 0 aromatic heterocycles. The van der Waals surface area contributed by atoms with Crippen LogP contribution in [0.1, 0.15) is 43.0 Å². The van der Waals surface area contributed by atoms with Gasteiger partial charge in [0, 0.05) is 11.5 Å². The van der Waals surface area contributed by atoms with Gasteiger partial charge >= 0.3 is 0 Å². The van der Waals surface area contributed by atoms with Crippen LogP contribution in [0.25, 0.3) is 0 Å². The van der Waals surface area contributed by atoms with Gasteiger partial charge in [-0.1, -0.05) is 13.3 Å². The number of hydrogen-bond donors (Lipinski definition) is 2. The molecule has 1 aliphatic rings. The number of amides is 2. The highest BCUT2D eigenvalue weighted by atomic mass is 16.5. The van der Waals surface area contributed by atoms with E-state index in [0.717, 1.165) is 31.4 Å². The Morgan fingerprint density at radius 2 is 1.90 bits per heavy atom. The second-order valence-corrected chi connectivity index (χ2v) is 4.94. The van der Waals surface area contributed by atoms with Gasteiger partial charge in [0.15, 0.2) is 0 Å². The first-order chi connectivity index (χ1) is 9.70. The Hall–Kier alpha value is -2.04.